The Morgan fingerprint density at radius 1 is 0.474 bits per heavy atom. The molecule has 268 valence electrons. The quantitative estimate of drug-likeness (QED) is 0.192. The molecule has 1 atom stereocenters. The number of furan rings is 2. The lowest BCUT2D eigenvalue weighted by molar-refractivity contribution is 0.668. The highest BCUT2D eigenvalue weighted by Crippen LogP contribution is 2.44. The Balaban J connectivity index is 1.12. The zero-order chi connectivity index (χ0) is 37.5. The first-order valence-corrected chi connectivity index (χ1v) is 19.3. The van der Waals surface area contributed by atoms with E-state index >= 15 is 0 Å². The zero-order valence-corrected chi connectivity index (χ0v) is 30.7. The maximum Gasteiger partial charge on any atom is 0.143 e. The first kappa shape index (κ1) is 31.7. The number of amidine groups is 1. The standard InChI is InChI=1S/C52H33N3O2/c1-3-14-32(15-4-1)43-31-44(33-16-5-2-6-17-33)54-52(53-43)34-26-27-37-36-18-7-10-22-45(36)55(46(37)28-34)35-29-41-38-19-8-11-23-47(38)57-51(41)42(30-35)39-21-13-25-49-50(39)40-20-9-12-24-48(40)56-49/h1-31,43H,(H,53,54). The Bertz CT molecular complexity index is 3440. The molecule has 3 aromatic heterocycles. The van der Waals surface area contributed by atoms with E-state index in [-0.39, 0.29) is 6.04 Å². The fraction of sp³-hybridized carbons (Fsp3) is 0.0192. The Morgan fingerprint density at radius 3 is 2.00 bits per heavy atom. The lowest BCUT2D eigenvalue weighted by Crippen LogP contribution is -2.31. The van der Waals surface area contributed by atoms with Crippen molar-refractivity contribution in [3.05, 3.63) is 205 Å². The molecule has 0 bridgehead atoms. The Kier molecular flexibility index (Phi) is 6.92. The van der Waals surface area contributed by atoms with Crippen LogP contribution in [-0.2, 0) is 0 Å². The van der Waals surface area contributed by atoms with Gasteiger partial charge in [-0.3, -0.25) is 0 Å². The molecule has 1 aliphatic rings. The van der Waals surface area contributed by atoms with Gasteiger partial charge in [0.15, 0.2) is 0 Å². The maximum absolute atomic E-state index is 6.75. The summed E-state index contributed by atoms with van der Waals surface area (Å²) in [5, 5.41) is 10.4. The summed E-state index contributed by atoms with van der Waals surface area (Å²) < 4.78 is 15.5. The summed E-state index contributed by atoms with van der Waals surface area (Å²) >= 11 is 0. The van der Waals surface area contributed by atoms with E-state index < -0.39 is 0 Å². The number of aliphatic imine (C=N–C) groups is 1. The van der Waals surface area contributed by atoms with Crippen molar-refractivity contribution >= 4 is 77.2 Å². The summed E-state index contributed by atoms with van der Waals surface area (Å²) in [5.41, 5.74) is 13.0. The third-order valence-corrected chi connectivity index (χ3v) is 11.4. The predicted octanol–water partition coefficient (Wildman–Crippen LogP) is 13.4. The average Bonchev–Trinajstić information content (AvgIpc) is 3.96. The highest BCUT2D eigenvalue weighted by atomic mass is 16.3. The van der Waals surface area contributed by atoms with Gasteiger partial charge in [0.25, 0.3) is 0 Å². The molecular formula is C52H33N3O2. The fourth-order valence-electron chi connectivity index (χ4n) is 8.83. The number of fused-ring (bicyclic) bond motifs is 9. The van der Waals surface area contributed by atoms with Crippen molar-refractivity contribution in [1.29, 1.82) is 0 Å². The summed E-state index contributed by atoms with van der Waals surface area (Å²) in [6, 6.07) is 63.9. The molecule has 0 fully saturated rings. The molecule has 0 aliphatic carbocycles. The second-order valence-electron chi connectivity index (χ2n) is 14.7. The van der Waals surface area contributed by atoms with Crippen LogP contribution in [0, 0.1) is 0 Å². The van der Waals surface area contributed by atoms with Gasteiger partial charge in [-0.2, -0.15) is 0 Å². The smallest absolute Gasteiger partial charge is 0.143 e. The highest BCUT2D eigenvalue weighted by Gasteiger charge is 2.23. The van der Waals surface area contributed by atoms with Crippen LogP contribution in [0.5, 0.6) is 0 Å². The van der Waals surface area contributed by atoms with Crippen molar-refractivity contribution in [2.75, 3.05) is 0 Å². The number of nitrogens with zero attached hydrogens (tertiary/aromatic N) is 2. The van der Waals surface area contributed by atoms with E-state index in [9.17, 15) is 0 Å². The monoisotopic (exact) mass is 731 g/mol. The molecule has 12 rings (SSSR count). The largest absolute Gasteiger partial charge is 0.456 e. The molecule has 0 amide bonds. The van der Waals surface area contributed by atoms with E-state index in [2.05, 4.69) is 174 Å². The van der Waals surface area contributed by atoms with Gasteiger partial charge in [0, 0.05) is 49.1 Å². The number of nitrogens with one attached hydrogen (secondary N) is 1. The van der Waals surface area contributed by atoms with E-state index in [1.807, 2.05) is 24.3 Å². The van der Waals surface area contributed by atoms with Crippen LogP contribution in [0.4, 0.5) is 0 Å². The van der Waals surface area contributed by atoms with E-state index in [0.29, 0.717) is 0 Å². The van der Waals surface area contributed by atoms with Gasteiger partial charge < -0.3 is 18.7 Å². The number of hydrogen-bond acceptors (Lipinski definition) is 4. The third-order valence-electron chi connectivity index (χ3n) is 11.4. The molecule has 57 heavy (non-hydrogen) atoms. The Hall–Kier alpha value is -7.63. The fourth-order valence-corrected chi connectivity index (χ4v) is 8.83. The van der Waals surface area contributed by atoms with Crippen LogP contribution in [0.2, 0.25) is 0 Å². The molecule has 1 unspecified atom stereocenters. The molecule has 11 aromatic rings. The van der Waals surface area contributed by atoms with Gasteiger partial charge in [0.1, 0.15) is 28.2 Å². The van der Waals surface area contributed by atoms with Crippen molar-refractivity contribution in [2.24, 2.45) is 4.99 Å². The summed E-state index contributed by atoms with van der Waals surface area (Å²) in [7, 11) is 0. The van der Waals surface area contributed by atoms with Crippen LogP contribution in [0.25, 0.3) is 88.2 Å². The molecule has 5 heteroatoms. The molecule has 0 spiro atoms. The van der Waals surface area contributed by atoms with Gasteiger partial charge in [-0.15, -0.1) is 0 Å². The molecule has 0 radical (unpaired) electrons. The minimum atomic E-state index is -0.0449. The molecule has 1 aliphatic heterocycles. The van der Waals surface area contributed by atoms with Crippen molar-refractivity contribution in [3.63, 3.8) is 0 Å². The van der Waals surface area contributed by atoms with Crippen LogP contribution < -0.4 is 5.32 Å². The maximum atomic E-state index is 6.75. The van der Waals surface area contributed by atoms with Gasteiger partial charge in [0.2, 0.25) is 0 Å². The summed E-state index contributed by atoms with van der Waals surface area (Å²) in [5.74, 6) is 0.833. The first-order chi connectivity index (χ1) is 28.2. The number of para-hydroxylation sites is 3. The first-order valence-electron chi connectivity index (χ1n) is 19.3. The van der Waals surface area contributed by atoms with Crippen molar-refractivity contribution in [1.82, 2.24) is 9.88 Å². The van der Waals surface area contributed by atoms with Crippen LogP contribution in [0.3, 0.4) is 0 Å². The number of aromatic nitrogens is 1. The Labute approximate surface area is 327 Å². The van der Waals surface area contributed by atoms with Gasteiger partial charge in [0.05, 0.1) is 22.8 Å². The lowest BCUT2D eigenvalue weighted by atomic mass is 9.96. The minimum Gasteiger partial charge on any atom is -0.456 e. The Morgan fingerprint density at radius 2 is 1.16 bits per heavy atom. The van der Waals surface area contributed by atoms with Gasteiger partial charge in [-0.1, -0.05) is 140 Å². The van der Waals surface area contributed by atoms with E-state index in [1.165, 1.54) is 16.3 Å². The highest BCUT2D eigenvalue weighted by molar-refractivity contribution is 6.19. The number of hydrogen-bond donors (Lipinski definition) is 1. The van der Waals surface area contributed by atoms with Gasteiger partial charge in [-0.25, -0.2) is 4.99 Å². The second kappa shape index (κ2) is 12.4. The van der Waals surface area contributed by atoms with Gasteiger partial charge >= 0.3 is 0 Å². The average molecular weight is 732 g/mol. The van der Waals surface area contributed by atoms with E-state index in [0.717, 1.165) is 94.4 Å². The minimum absolute atomic E-state index is 0.0449. The van der Waals surface area contributed by atoms with Gasteiger partial charge in [-0.05, 0) is 65.2 Å². The molecule has 4 heterocycles. The third kappa shape index (κ3) is 4.99. The molecule has 5 nitrogen and oxygen atoms in total. The van der Waals surface area contributed by atoms with Crippen LogP contribution in [-0.4, -0.2) is 10.4 Å². The molecule has 0 saturated carbocycles. The van der Waals surface area contributed by atoms with Crippen LogP contribution in [0.15, 0.2) is 202 Å². The summed E-state index contributed by atoms with van der Waals surface area (Å²) in [6.45, 7) is 0. The topological polar surface area (TPSA) is 55.6 Å². The number of rotatable bonds is 5. The molecular weight excluding hydrogens is 699 g/mol. The SMILES string of the molecule is C1=C(c2ccccc2)N=C(c2ccc3c4ccccc4n(-c4cc(-c5cccc6oc7ccccc7c56)c5oc6ccccc6c5c4)c3c2)NC1c1ccccc1. The van der Waals surface area contributed by atoms with Crippen molar-refractivity contribution < 1.29 is 8.83 Å². The van der Waals surface area contributed by atoms with E-state index in [4.69, 9.17) is 13.8 Å². The van der Waals surface area contributed by atoms with Crippen LogP contribution >= 0.6 is 0 Å². The molecule has 1 N–H and O–H groups in total. The van der Waals surface area contributed by atoms with Crippen LogP contribution in [0.1, 0.15) is 22.7 Å². The number of benzene rings is 8. The molecule has 0 saturated heterocycles. The lowest BCUT2D eigenvalue weighted by Gasteiger charge is -2.24. The normalized spacial score (nSPS) is 14.5. The predicted molar refractivity (Wildman–Crippen MR) is 234 cm³/mol. The van der Waals surface area contributed by atoms with E-state index in [1.54, 1.807) is 0 Å². The van der Waals surface area contributed by atoms with Crippen molar-refractivity contribution in [2.45, 2.75) is 6.04 Å². The zero-order valence-electron chi connectivity index (χ0n) is 30.7. The van der Waals surface area contributed by atoms with Crippen molar-refractivity contribution in [3.8, 4) is 16.8 Å². The summed E-state index contributed by atoms with van der Waals surface area (Å²) in [6.07, 6.45) is 2.22. The molecule has 8 aromatic carbocycles. The summed E-state index contributed by atoms with van der Waals surface area (Å²) in [4.78, 5) is 5.27. The second-order valence-corrected chi connectivity index (χ2v) is 14.7.